The van der Waals surface area contributed by atoms with Gasteiger partial charge in [-0.2, -0.15) is 5.10 Å². The second kappa shape index (κ2) is 10.6. The second-order valence-corrected chi connectivity index (χ2v) is 8.02. The zero-order valence-corrected chi connectivity index (χ0v) is 18.5. The largest absolute Gasteiger partial charge is 0.479 e. The third-order valence-corrected chi connectivity index (χ3v) is 5.55. The van der Waals surface area contributed by atoms with E-state index in [9.17, 15) is 4.79 Å². The fourth-order valence-electron chi connectivity index (χ4n) is 3.89. The van der Waals surface area contributed by atoms with Crippen LogP contribution in [0.4, 0.5) is 0 Å². The molecule has 0 aliphatic heterocycles. The molecule has 6 nitrogen and oxygen atoms in total. The lowest BCUT2D eigenvalue weighted by atomic mass is 9.88. The number of aliphatic carboxylic acids is 1. The van der Waals surface area contributed by atoms with Crippen molar-refractivity contribution in [2.24, 2.45) is 0 Å². The van der Waals surface area contributed by atoms with Gasteiger partial charge in [0.05, 0.1) is 6.20 Å². The lowest BCUT2D eigenvalue weighted by molar-refractivity contribution is -0.144. The molecule has 1 N–H and O–H groups in total. The zero-order valence-electron chi connectivity index (χ0n) is 18.5. The summed E-state index contributed by atoms with van der Waals surface area (Å²) in [6.07, 6.45) is 8.62. The molecular weight excluding hydrogens is 414 g/mol. The summed E-state index contributed by atoms with van der Waals surface area (Å²) in [5, 5.41) is 13.6. The molecule has 33 heavy (non-hydrogen) atoms. The maximum Gasteiger partial charge on any atom is 0.344 e. The third kappa shape index (κ3) is 5.86. The van der Waals surface area contributed by atoms with Crippen molar-refractivity contribution in [1.82, 2.24) is 14.8 Å². The molecule has 0 saturated carbocycles. The van der Waals surface area contributed by atoms with E-state index in [0.717, 1.165) is 36.1 Å². The summed E-state index contributed by atoms with van der Waals surface area (Å²) in [7, 11) is 0. The zero-order chi connectivity index (χ0) is 23.0. The Hall–Kier alpha value is -3.93. The number of pyridine rings is 1. The van der Waals surface area contributed by atoms with Crippen LogP contribution >= 0.6 is 0 Å². The van der Waals surface area contributed by atoms with Crippen LogP contribution in [0.15, 0.2) is 91.5 Å². The quantitative estimate of drug-likeness (QED) is 0.377. The van der Waals surface area contributed by atoms with E-state index in [0.29, 0.717) is 5.75 Å². The molecule has 0 bridgehead atoms. The summed E-state index contributed by atoms with van der Waals surface area (Å²) in [5.74, 6) is -0.320. The monoisotopic (exact) mass is 441 g/mol. The highest BCUT2D eigenvalue weighted by atomic mass is 16.5. The van der Waals surface area contributed by atoms with Crippen LogP contribution in [0.1, 0.15) is 41.5 Å². The molecule has 0 spiro atoms. The van der Waals surface area contributed by atoms with Gasteiger partial charge in [0.25, 0.3) is 0 Å². The van der Waals surface area contributed by atoms with Crippen molar-refractivity contribution in [3.05, 3.63) is 114 Å². The van der Waals surface area contributed by atoms with Gasteiger partial charge < -0.3 is 9.84 Å². The van der Waals surface area contributed by atoms with E-state index in [-0.39, 0.29) is 5.92 Å². The fourth-order valence-corrected chi connectivity index (χ4v) is 3.89. The maximum atomic E-state index is 11.0. The highest BCUT2D eigenvalue weighted by Crippen LogP contribution is 2.31. The van der Waals surface area contributed by atoms with Gasteiger partial charge in [-0.1, -0.05) is 48.5 Å². The number of nitrogens with zero attached hydrogens (tertiary/aromatic N) is 3. The Bertz CT molecular complexity index is 1140. The van der Waals surface area contributed by atoms with Crippen LogP contribution in [0.3, 0.4) is 0 Å². The predicted octanol–water partition coefficient (Wildman–Crippen LogP) is 4.94. The molecule has 4 rings (SSSR count). The number of carbonyl (C=O) groups is 1. The van der Waals surface area contributed by atoms with Crippen molar-refractivity contribution >= 4 is 5.97 Å². The molecule has 2 heterocycles. The predicted molar refractivity (Wildman–Crippen MR) is 126 cm³/mol. The molecule has 2 atom stereocenters. The number of aryl methyl sites for hydroxylation is 2. The van der Waals surface area contributed by atoms with Gasteiger partial charge >= 0.3 is 5.97 Å². The van der Waals surface area contributed by atoms with Gasteiger partial charge in [0.15, 0.2) is 6.10 Å². The number of hydrogen-bond acceptors (Lipinski definition) is 4. The minimum absolute atomic E-state index is 0.0821. The fraction of sp³-hybridized carbons (Fsp3) is 0.222. The third-order valence-electron chi connectivity index (χ3n) is 5.55. The molecule has 0 aliphatic rings. The first kappa shape index (κ1) is 22.3. The Labute approximate surface area is 193 Å². The molecule has 0 radical (unpaired) electrons. The van der Waals surface area contributed by atoms with Gasteiger partial charge in [0.2, 0.25) is 0 Å². The van der Waals surface area contributed by atoms with Crippen LogP contribution in [-0.4, -0.2) is 31.9 Å². The molecule has 2 aromatic carbocycles. The normalized spacial score (nSPS) is 12.8. The Morgan fingerprint density at radius 2 is 1.82 bits per heavy atom. The van der Waals surface area contributed by atoms with Crippen LogP contribution in [-0.2, 0) is 17.8 Å². The van der Waals surface area contributed by atoms with Gasteiger partial charge in [0.1, 0.15) is 5.75 Å². The van der Waals surface area contributed by atoms with Crippen LogP contribution in [0.2, 0.25) is 0 Å². The topological polar surface area (TPSA) is 77.2 Å². The number of rotatable bonds is 10. The van der Waals surface area contributed by atoms with E-state index >= 15 is 0 Å². The molecular formula is C27H27N3O3. The van der Waals surface area contributed by atoms with Crippen molar-refractivity contribution in [1.29, 1.82) is 0 Å². The minimum atomic E-state index is -0.977. The van der Waals surface area contributed by atoms with E-state index in [1.54, 1.807) is 12.3 Å². The molecule has 0 fully saturated rings. The smallest absolute Gasteiger partial charge is 0.344 e. The summed E-state index contributed by atoms with van der Waals surface area (Å²) >= 11 is 0. The van der Waals surface area contributed by atoms with Gasteiger partial charge in [-0.15, -0.1) is 0 Å². The molecule has 0 aliphatic carbocycles. The summed E-state index contributed by atoms with van der Waals surface area (Å²) in [6, 6.07) is 22.1. The summed E-state index contributed by atoms with van der Waals surface area (Å²) in [6.45, 7) is 2.31. The lowest BCUT2D eigenvalue weighted by Gasteiger charge is -2.16. The number of aromatic nitrogens is 3. The van der Waals surface area contributed by atoms with Crippen molar-refractivity contribution in [3.63, 3.8) is 0 Å². The molecule has 6 heteroatoms. The van der Waals surface area contributed by atoms with Crippen LogP contribution in [0.25, 0.3) is 0 Å². The Morgan fingerprint density at radius 1 is 1.00 bits per heavy atom. The van der Waals surface area contributed by atoms with E-state index in [1.807, 2.05) is 47.4 Å². The number of carboxylic acid groups (broad SMARTS) is 1. The maximum absolute atomic E-state index is 11.0. The van der Waals surface area contributed by atoms with Crippen LogP contribution in [0, 0.1) is 0 Å². The van der Waals surface area contributed by atoms with E-state index in [2.05, 4.69) is 46.6 Å². The van der Waals surface area contributed by atoms with E-state index < -0.39 is 12.1 Å². The Morgan fingerprint density at radius 3 is 2.58 bits per heavy atom. The summed E-state index contributed by atoms with van der Waals surface area (Å²) in [4.78, 5) is 15.3. The standard InChI is InChI=1S/C27H27N3O3/c1-20(27(31)32)33-25-13-5-8-21(16-25)9-7-15-30-19-24(18-29-30)26(22-10-3-2-4-11-22)23-12-6-14-28-17-23/h2-6,8,10-14,16-20,26H,7,9,15H2,1H3,(H,31,32). The minimum Gasteiger partial charge on any atom is -0.479 e. The Balaban J connectivity index is 1.42. The number of hydrogen-bond donors (Lipinski definition) is 1. The van der Waals surface area contributed by atoms with Gasteiger partial charge in [0, 0.05) is 36.6 Å². The first-order valence-electron chi connectivity index (χ1n) is 11.1. The summed E-state index contributed by atoms with van der Waals surface area (Å²) < 4.78 is 7.45. The first-order valence-corrected chi connectivity index (χ1v) is 11.1. The van der Waals surface area contributed by atoms with E-state index in [1.165, 1.54) is 12.5 Å². The molecule has 4 aromatic rings. The van der Waals surface area contributed by atoms with Gasteiger partial charge in [-0.3, -0.25) is 9.67 Å². The average Bonchev–Trinajstić information content (AvgIpc) is 3.29. The van der Waals surface area contributed by atoms with Gasteiger partial charge in [-0.25, -0.2) is 4.79 Å². The molecule has 168 valence electrons. The average molecular weight is 442 g/mol. The van der Waals surface area contributed by atoms with Crippen LogP contribution in [0.5, 0.6) is 5.75 Å². The molecule has 0 saturated heterocycles. The Kier molecular flexibility index (Phi) is 7.15. The van der Waals surface area contributed by atoms with E-state index in [4.69, 9.17) is 9.84 Å². The van der Waals surface area contributed by atoms with Crippen molar-refractivity contribution in [2.45, 2.75) is 38.3 Å². The number of benzene rings is 2. The van der Waals surface area contributed by atoms with Crippen molar-refractivity contribution in [3.8, 4) is 5.75 Å². The summed E-state index contributed by atoms with van der Waals surface area (Å²) in [5.41, 5.74) is 4.58. The molecule has 2 aromatic heterocycles. The highest BCUT2D eigenvalue weighted by Gasteiger charge is 2.18. The lowest BCUT2D eigenvalue weighted by Crippen LogP contribution is -2.22. The highest BCUT2D eigenvalue weighted by molar-refractivity contribution is 5.72. The van der Waals surface area contributed by atoms with Crippen LogP contribution < -0.4 is 4.74 Å². The first-order chi connectivity index (χ1) is 16.1. The second-order valence-electron chi connectivity index (χ2n) is 8.02. The molecule has 2 unspecified atom stereocenters. The van der Waals surface area contributed by atoms with Gasteiger partial charge in [-0.05, 0) is 54.7 Å². The number of carboxylic acids is 1. The number of ether oxygens (including phenoxy) is 1. The SMILES string of the molecule is CC(Oc1cccc(CCCn2cc(C(c3ccccc3)c3cccnc3)cn2)c1)C(=O)O. The van der Waals surface area contributed by atoms with Crippen molar-refractivity contribution < 1.29 is 14.6 Å². The molecule has 0 amide bonds. The van der Waals surface area contributed by atoms with Crippen molar-refractivity contribution in [2.75, 3.05) is 0 Å².